The van der Waals surface area contributed by atoms with E-state index in [0.29, 0.717) is 17.0 Å². The molecule has 0 saturated carbocycles. The summed E-state index contributed by atoms with van der Waals surface area (Å²) in [5.74, 6) is -1.70. The molecule has 0 radical (unpaired) electrons. The minimum Gasteiger partial charge on any atom is -0.465 e. The molecule has 0 aliphatic heterocycles. The average Bonchev–Trinajstić information content (AvgIpc) is 3.03. The number of rotatable bonds is 4. The molecule has 0 atom stereocenters. The number of pyridine rings is 1. The van der Waals surface area contributed by atoms with Crippen molar-refractivity contribution in [2.24, 2.45) is 0 Å². The van der Waals surface area contributed by atoms with Crippen LogP contribution in [0.3, 0.4) is 0 Å². The first-order valence-corrected chi connectivity index (χ1v) is 8.43. The van der Waals surface area contributed by atoms with E-state index in [-0.39, 0.29) is 16.8 Å². The van der Waals surface area contributed by atoms with Crippen LogP contribution in [0.5, 0.6) is 0 Å². The van der Waals surface area contributed by atoms with Crippen molar-refractivity contribution >= 4 is 29.2 Å². The molecule has 0 bridgehead atoms. The topological polar surface area (TPSA) is 99.0 Å². The van der Waals surface area contributed by atoms with Crippen LogP contribution in [0.25, 0.3) is 5.65 Å². The number of benzene rings is 1. The second-order valence-electron chi connectivity index (χ2n) is 6.17. The van der Waals surface area contributed by atoms with Gasteiger partial charge in [-0.1, -0.05) is 6.07 Å². The largest absolute Gasteiger partial charge is 0.465 e. The number of imidazole rings is 1. The summed E-state index contributed by atoms with van der Waals surface area (Å²) in [6.07, 6.45) is 1.75. The Morgan fingerprint density at radius 1 is 1.00 bits per heavy atom. The predicted molar refractivity (Wildman–Crippen MR) is 102 cm³/mol. The highest BCUT2D eigenvalue weighted by Crippen LogP contribution is 2.20. The quantitative estimate of drug-likeness (QED) is 0.698. The zero-order valence-electron chi connectivity index (χ0n) is 15.9. The number of methoxy groups -OCH3 is 2. The Hall–Kier alpha value is -3.68. The number of carbonyl (C=O) groups is 3. The van der Waals surface area contributed by atoms with Crippen LogP contribution in [-0.4, -0.2) is 41.5 Å². The average molecular weight is 381 g/mol. The van der Waals surface area contributed by atoms with E-state index in [1.807, 2.05) is 19.1 Å². The molecular weight excluding hydrogens is 362 g/mol. The smallest absolute Gasteiger partial charge is 0.337 e. The van der Waals surface area contributed by atoms with Gasteiger partial charge in [0, 0.05) is 11.9 Å². The lowest BCUT2D eigenvalue weighted by Gasteiger charge is -2.10. The van der Waals surface area contributed by atoms with Gasteiger partial charge in [-0.2, -0.15) is 0 Å². The molecule has 8 nitrogen and oxygen atoms in total. The van der Waals surface area contributed by atoms with Crippen LogP contribution in [0.2, 0.25) is 0 Å². The normalized spacial score (nSPS) is 10.6. The molecule has 1 N–H and O–H groups in total. The van der Waals surface area contributed by atoms with E-state index in [0.717, 1.165) is 5.56 Å². The van der Waals surface area contributed by atoms with Gasteiger partial charge in [0.1, 0.15) is 11.3 Å². The maximum Gasteiger partial charge on any atom is 0.337 e. The van der Waals surface area contributed by atoms with E-state index < -0.39 is 17.8 Å². The number of carbonyl (C=O) groups excluding carboxylic acids is 3. The maximum absolute atomic E-state index is 12.9. The van der Waals surface area contributed by atoms with Crippen molar-refractivity contribution < 1.29 is 23.9 Å². The Morgan fingerprint density at radius 2 is 1.61 bits per heavy atom. The van der Waals surface area contributed by atoms with E-state index in [2.05, 4.69) is 10.3 Å². The minimum atomic E-state index is -0.636. The Bertz CT molecular complexity index is 1070. The zero-order valence-corrected chi connectivity index (χ0v) is 15.9. The second kappa shape index (κ2) is 7.51. The summed E-state index contributed by atoms with van der Waals surface area (Å²) in [6.45, 7) is 3.65. The number of fused-ring (bicyclic) bond motifs is 1. The Kier molecular flexibility index (Phi) is 5.12. The monoisotopic (exact) mass is 381 g/mol. The van der Waals surface area contributed by atoms with E-state index in [9.17, 15) is 14.4 Å². The summed E-state index contributed by atoms with van der Waals surface area (Å²) < 4.78 is 11.1. The van der Waals surface area contributed by atoms with Gasteiger partial charge in [0.15, 0.2) is 0 Å². The molecule has 2 heterocycles. The van der Waals surface area contributed by atoms with E-state index >= 15 is 0 Å². The number of anilines is 1. The number of esters is 2. The molecule has 8 heteroatoms. The van der Waals surface area contributed by atoms with E-state index in [4.69, 9.17) is 9.47 Å². The van der Waals surface area contributed by atoms with Gasteiger partial charge in [0.05, 0.1) is 31.0 Å². The van der Waals surface area contributed by atoms with Crippen LogP contribution >= 0.6 is 0 Å². The molecular formula is C20H19N3O5. The van der Waals surface area contributed by atoms with Crippen molar-refractivity contribution in [3.63, 3.8) is 0 Å². The van der Waals surface area contributed by atoms with E-state index in [1.165, 1.54) is 32.4 Å². The highest BCUT2D eigenvalue weighted by Gasteiger charge is 2.20. The van der Waals surface area contributed by atoms with Crippen LogP contribution in [0.1, 0.15) is 42.5 Å². The van der Waals surface area contributed by atoms with Gasteiger partial charge in [0.2, 0.25) is 0 Å². The number of hydrogen-bond donors (Lipinski definition) is 1. The van der Waals surface area contributed by atoms with Crippen molar-refractivity contribution in [3.8, 4) is 0 Å². The molecule has 1 amide bonds. The molecule has 0 spiro atoms. The first-order chi connectivity index (χ1) is 13.3. The maximum atomic E-state index is 12.9. The van der Waals surface area contributed by atoms with Gasteiger partial charge in [-0.15, -0.1) is 0 Å². The summed E-state index contributed by atoms with van der Waals surface area (Å²) in [6, 6.07) is 7.94. The predicted octanol–water partition coefficient (Wildman–Crippen LogP) is 2.78. The Balaban J connectivity index is 2.03. The lowest BCUT2D eigenvalue weighted by molar-refractivity contribution is 0.0599. The fourth-order valence-corrected chi connectivity index (χ4v) is 2.95. The highest BCUT2D eigenvalue weighted by molar-refractivity contribution is 6.06. The summed E-state index contributed by atoms with van der Waals surface area (Å²) in [5, 5.41) is 2.72. The van der Waals surface area contributed by atoms with Crippen molar-refractivity contribution in [1.29, 1.82) is 0 Å². The van der Waals surface area contributed by atoms with Crippen LogP contribution in [-0.2, 0) is 9.47 Å². The fraction of sp³-hybridized carbons (Fsp3) is 0.200. The van der Waals surface area contributed by atoms with E-state index in [1.54, 1.807) is 17.5 Å². The molecule has 2 aromatic heterocycles. The lowest BCUT2D eigenvalue weighted by Crippen LogP contribution is -2.17. The number of aromatic nitrogens is 2. The standard InChI is InChI=1S/C20H19N3O5/c1-11-6-5-7-23-16(12(2)21-17(11)23)18(24)22-15-9-13(19(25)27-3)8-14(10-15)20(26)28-4/h5-10H,1-4H3,(H,22,24). The van der Waals surface area contributed by atoms with Gasteiger partial charge >= 0.3 is 11.9 Å². The highest BCUT2D eigenvalue weighted by atomic mass is 16.5. The van der Waals surface area contributed by atoms with Crippen molar-refractivity contribution in [2.75, 3.05) is 19.5 Å². The number of amides is 1. The number of nitrogens with one attached hydrogen (secondary N) is 1. The summed E-state index contributed by atoms with van der Waals surface area (Å²) in [7, 11) is 2.46. The third-order valence-electron chi connectivity index (χ3n) is 4.27. The van der Waals surface area contributed by atoms with Crippen molar-refractivity contribution in [1.82, 2.24) is 9.38 Å². The van der Waals surface area contributed by atoms with Crippen molar-refractivity contribution in [2.45, 2.75) is 13.8 Å². The number of nitrogens with zero attached hydrogens (tertiary/aromatic N) is 2. The summed E-state index contributed by atoms with van der Waals surface area (Å²) in [5.41, 5.74) is 3.04. The molecule has 0 unspecified atom stereocenters. The summed E-state index contributed by atoms with van der Waals surface area (Å²) in [4.78, 5) is 41.2. The molecule has 0 saturated heterocycles. The van der Waals surface area contributed by atoms with Crippen LogP contribution < -0.4 is 5.32 Å². The molecule has 1 aromatic carbocycles. The third kappa shape index (κ3) is 3.44. The van der Waals surface area contributed by atoms with Gasteiger partial charge in [-0.3, -0.25) is 9.20 Å². The molecule has 0 fully saturated rings. The zero-order chi connectivity index (χ0) is 20.4. The Morgan fingerprint density at radius 3 is 2.18 bits per heavy atom. The fourth-order valence-electron chi connectivity index (χ4n) is 2.95. The van der Waals surface area contributed by atoms with Crippen LogP contribution in [0.4, 0.5) is 5.69 Å². The SMILES string of the molecule is COC(=O)c1cc(NC(=O)c2c(C)nc3c(C)cccn23)cc(C(=O)OC)c1. The van der Waals surface area contributed by atoms with Crippen LogP contribution in [0.15, 0.2) is 36.5 Å². The summed E-state index contributed by atoms with van der Waals surface area (Å²) >= 11 is 0. The molecule has 0 aliphatic carbocycles. The minimum absolute atomic E-state index is 0.117. The first-order valence-electron chi connectivity index (χ1n) is 8.43. The molecule has 28 heavy (non-hydrogen) atoms. The molecule has 3 rings (SSSR count). The lowest BCUT2D eigenvalue weighted by atomic mass is 10.1. The number of aryl methyl sites for hydroxylation is 2. The second-order valence-corrected chi connectivity index (χ2v) is 6.17. The van der Waals surface area contributed by atoms with Gasteiger partial charge in [-0.25, -0.2) is 14.6 Å². The number of hydrogen-bond acceptors (Lipinski definition) is 6. The Labute approximate surface area is 161 Å². The third-order valence-corrected chi connectivity index (χ3v) is 4.27. The molecule has 144 valence electrons. The van der Waals surface area contributed by atoms with Gasteiger partial charge in [0.25, 0.3) is 5.91 Å². The molecule has 3 aromatic rings. The van der Waals surface area contributed by atoms with Crippen LogP contribution in [0, 0.1) is 13.8 Å². The first kappa shape index (κ1) is 19.1. The molecule has 0 aliphatic rings. The van der Waals surface area contributed by atoms with Gasteiger partial charge in [-0.05, 0) is 43.7 Å². The number of ether oxygens (including phenoxy) is 2. The van der Waals surface area contributed by atoms with Crippen molar-refractivity contribution in [3.05, 3.63) is 64.6 Å². The van der Waals surface area contributed by atoms with Gasteiger partial charge < -0.3 is 14.8 Å².